The molecule has 96 valence electrons. The molecule has 0 saturated heterocycles. The van der Waals surface area contributed by atoms with E-state index in [0.29, 0.717) is 5.92 Å². The van der Waals surface area contributed by atoms with Gasteiger partial charge in [0.1, 0.15) is 0 Å². The van der Waals surface area contributed by atoms with Gasteiger partial charge in [-0.1, -0.05) is 43.5 Å². The number of carboxylic acid groups (broad SMARTS) is 1. The third-order valence-corrected chi connectivity index (χ3v) is 4.60. The quantitative estimate of drug-likeness (QED) is 0.876. The zero-order valence-corrected chi connectivity index (χ0v) is 10.7. The normalized spacial score (nSPS) is 22.7. The lowest BCUT2D eigenvalue weighted by Crippen LogP contribution is -2.37. The smallest absolute Gasteiger partial charge is 0.314 e. The van der Waals surface area contributed by atoms with E-state index in [1.54, 1.807) is 0 Å². The van der Waals surface area contributed by atoms with Crippen LogP contribution in [-0.4, -0.2) is 11.1 Å². The second-order valence-electron chi connectivity index (χ2n) is 5.85. The summed E-state index contributed by atoms with van der Waals surface area (Å²) >= 11 is 0. The zero-order chi connectivity index (χ0) is 12.6. The molecule has 1 aromatic carbocycles. The molecular weight excluding hydrogens is 224 g/mol. The number of rotatable bonds is 3. The van der Waals surface area contributed by atoms with Crippen LogP contribution in [0.15, 0.2) is 24.3 Å². The predicted octanol–water partition coefficient (Wildman–Crippen LogP) is 3.85. The largest absolute Gasteiger partial charge is 0.481 e. The number of hydrogen-bond acceptors (Lipinski definition) is 1. The van der Waals surface area contributed by atoms with Crippen molar-refractivity contribution in [3.05, 3.63) is 35.4 Å². The molecule has 0 aliphatic heterocycles. The fourth-order valence-electron chi connectivity index (χ4n) is 3.29. The molecule has 2 fully saturated rings. The summed E-state index contributed by atoms with van der Waals surface area (Å²) in [6.45, 7) is 0. The highest BCUT2D eigenvalue weighted by Crippen LogP contribution is 2.44. The van der Waals surface area contributed by atoms with Gasteiger partial charge < -0.3 is 5.11 Å². The van der Waals surface area contributed by atoms with Gasteiger partial charge in [-0.05, 0) is 42.7 Å². The standard InChI is InChI=1S/C16H20O2/c17-15(18)16(9-2-1-3-10-16)14-6-4-5-13(11-14)12-7-8-12/h4-6,11-12H,1-3,7-10H2,(H,17,18). The van der Waals surface area contributed by atoms with E-state index in [0.717, 1.165) is 31.2 Å². The van der Waals surface area contributed by atoms with Gasteiger partial charge in [0.15, 0.2) is 0 Å². The third kappa shape index (κ3) is 1.94. The van der Waals surface area contributed by atoms with Gasteiger partial charge in [0.2, 0.25) is 0 Å². The first kappa shape index (κ1) is 11.8. The summed E-state index contributed by atoms with van der Waals surface area (Å²) in [5.41, 5.74) is 1.78. The maximum Gasteiger partial charge on any atom is 0.314 e. The van der Waals surface area contributed by atoms with E-state index < -0.39 is 11.4 Å². The van der Waals surface area contributed by atoms with Gasteiger partial charge in [-0.3, -0.25) is 4.79 Å². The summed E-state index contributed by atoms with van der Waals surface area (Å²) in [6.07, 6.45) is 7.40. The molecule has 0 radical (unpaired) electrons. The molecule has 2 aliphatic rings. The van der Waals surface area contributed by atoms with E-state index in [1.165, 1.54) is 24.8 Å². The fraction of sp³-hybridized carbons (Fsp3) is 0.562. The second kappa shape index (κ2) is 4.42. The number of aliphatic carboxylic acids is 1. The van der Waals surface area contributed by atoms with E-state index >= 15 is 0 Å². The lowest BCUT2D eigenvalue weighted by molar-refractivity contribution is -0.145. The van der Waals surface area contributed by atoms with E-state index in [4.69, 9.17) is 0 Å². The molecule has 0 atom stereocenters. The first-order chi connectivity index (χ1) is 8.72. The van der Waals surface area contributed by atoms with Crippen LogP contribution in [0.1, 0.15) is 62.0 Å². The van der Waals surface area contributed by atoms with Crippen molar-refractivity contribution < 1.29 is 9.90 Å². The lowest BCUT2D eigenvalue weighted by atomic mass is 9.69. The highest BCUT2D eigenvalue weighted by atomic mass is 16.4. The topological polar surface area (TPSA) is 37.3 Å². The molecule has 0 unspecified atom stereocenters. The average molecular weight is 244 g/mol. The van der Waals surface area contributed by atoms with Gasteiger partial charge in [-0.2, -0.15) is 0 Å². The van der Waals surface area contributed by atoms with Crippen LogP contribution in [0.4, 0.5) is 0 Å². The Morgan fingerprint density at radius 2 is 1.89 bits per heavy atom. The minimum Gasteiger partial charge on any atom is -0.481 e. The number of hydrogen-bond donors (Lipinski definition) is 1. The maximum absolute atomic E-state index is 11.8. The van der Waals surface area contributed by atoms with Gasteiger partial charge in [-0.25, -0.2) is 0 Å². The Labute approximate surface area is 108 Å². The summed E-state index contributed by atoms with van der Waals surface area (Å²) in [5.74, 6) is 0.0644. The van der Waals surface area contributed by atoms with Gasteiger partial charge in [0.25, 0.3) is 0 Å². The molecule has 2 aliphatic carbocycles. The number of benzene rings is 1. The van der Waals surface area contributed by atoms with Crippen LogP contribution in [0.25, 0.3) is 0 Å². The molecule has 0 aromatic heterocycles. The Hall–Kier alpha value is -1.31. The van der Waals surface area contributed by atoms with Crippen LogP contribution in [-0.2, 0) is 10.2 Å². The van der Waals surface area contributed by atoms with Crippen LogP contribution < -0.4 is 0 Å². The molecule has 0 spiro atoms. The first-order valence-corrected chi connectivity index (χ1v) is 7.06. The second-order valence-corrected chi connectivity index (χ2v) is 5.85. The Bertz CT molecular complexity index is 454. The molecule has 1 N–H and O–H groups in total. The predicted molar refractivity (Wildman–Crippen MR) is 70.8 cm³/mol. The van der Waals surface area contributed by atoms with Crippen molar-refractivity contribution in [3.8, 4) is 0 Å². The number of carbonyl (C=O) groups is 1. The van der Waals surface area contributed by atoms with E-state index in [-0.39, 0.29) is 0 Å². The lowest BCUT2D eigenvalue weighted by Gasteiger charge is -2.34. The van der Waals surface area contributed by atoms with Gasteiger partial charge >= 0.3 is 5.97 Å². The maximum atomic E-state index is 11.8. The van der Waals surface area contributed by atoms with Crippen molar-refractivity contribution in [3.63, 3.8) is 0 Å². The summed E-state index contributed by atoms with van der Waals surface area (Å²) in [4.78, 5) is 11.8. The summed E-state index contributed by atoms with van der Waals surface area (Å²) in [7, 11) is 0. The molecule has 3 rings (SSSR count). The molecule has 2 nitrogen and oxygen atoms in total. The average Bonchev–Trinajstić information content (AvgIpc) is 3.24. The van der Waals surface area contributed by atoms with E-state index in [9.17, 15) is 9.90 Å². The van der Waals surface area contributed by atoms with Crippen LogP contribution >= 0.6 is 0 Å². The van der Waals surface area contributed by atoms with Crippen molar-refractivity contribution >= 4 is 5.97 Å². The van der Waals surface area contributed by atoms with Crippen molar-refractivity contribution in [2.45, 2.75) is 56.3 Å². The Morgan fingerprint density at radius 3 is 2.50 bits per heavy atom. The SMILES string of the molecule is O=C(O)C1(c2cccc(C3CC3)c2)CCCCC1. The van der Waals surface area contributed by atoms with Crippen molar-refractivity contribution in [1.29, 1.82) is 0 Å². The minimum absolute atomic E-state index is 0.608. The van der Waals surface area contributed by atoms with Crippen molar-refractivity contribution in [2.75, 3.05) is 0 Å². The Morgan fingerprint density at radius 1 is 1.17 bits per heavy atom. The van der Waals surface area contributed by atoms with E-state index in [1.807, 2.05) is 12.1 Å². The Balaban J connectivity index is 1.98. The molecule has 0 bridgehead atoms. The first-order valence-electron chi connectivity index (χ1n) is 7.06. The summed E-state index contributed by atoms with van der Waals surface area (Å²) in [6, 6.07) is 8.38. The molecular formula is C16H20O2. The molecule has 2 heteroatoms. The van der Waals surface area contributed by atoms with Gasteiger partial charge in [0, 0.05) is 0 Å². The summed E-state index contributed by atoms with van der Waals surface area (Å²) in [5, 5.41) is 9.69. The van der Waals surface area contributed by atoms with Gasteiger partial charge in [0.05, 0.1) is 5.41 Å². The number of carboxylic acids is 1. The van der Waals surface area contributed by atoms with Crippen LogP contribution in [0.3, 0.4) is 0 Å². The minimum atomic E-state index is -0.629. The summed E-state index contributed by atoms with van der Waals surface area (Å²) < 4.78 is 0. The zero-order valence-electron chi connectivity index (χ0n) is 10.7. The third-order valence-electron chi connectivity index (χ3n) is 4.60. The highest BCUT2D eigenvalue weighted by Gasteiger charge is 2.41. The van der Waals surface area contributed by atoms with Gasteiger partial charge in [-0.15, -0.1) is 0 Å². The van der Waals surface area contributed by atoms with Crippen LogP contribution in [0.2, 0.25) is 0 Å². The molecule has 0 heterocycles. The van der Waals surface area contributed by atoms with E-state index in [2.05, 4.69) is 12.1 Å². The molecule has 2 saturated carbocycles. The highest BCUT2D eigenvalue weighted by molar-refractivity contribution is 5.81. The fourth-order valence-corrected chi connectivity index (χ4v) is 3.29. The molecule has 18 heavy (non-hydrogen) atoms. The van der Waals surface area contributed by atoms with Crippen molar-refractivity contribution in [1.82, 2.24) is 0 Å². The van der Waals surface area contributed by atoms with Crippen molar-refractivity contribution in [2.24, 2.45) is 0 Å². The molecule has 0 amide bonds. The Kier molecular flexibility index (Phi) is 2.89. The molecule has 1 aromatic rings. The van der Waals surface area contributed by atoms with Crippen LogP contribution in [0.5, 0.6) is 0 Å². The van der Waals surface area contributed by atoms with Crippen LogP contribution in [0, 0.1) is 0 Å². The monoisotopic (exact) mass is 244 g/mol.